The van der Waals surface area contributed by atoms with E-state index in [1.165, 1.54) is 17.0 Å². The van der Waals surface area contributed by atoms with Crippen LogP contribution in [0.15, 0.2) is 77.7 Å². The molecule has 4 rings (SSSR count). The first-order valence-electron chi connectivity index (χ1n) is 14.6. The highest BCUT2D eigenvalue weighted by molar-refractivity contribution is 7.92. The van der Waals surface area contributed by atoms with E-state index in [9.17, 15) is 18.0 Å². The Morgan fingerprint density at radius 3 is 2.26 bits per heavy atom. The van der Waals surface area contributed by atoms with E-state index >= 15 is 0 Å². The van der Waals surface area contributed by atoms with Gasteiger partial charge in [0.05, 0.1) is 10.6 Å². The minimum Gasteiger partial charge on any atom is -0.352 e. The second-order valence-corrected chi connectivity index (χ2v) is 13.3. The molecular formula is C33H40ClN3O4S. The fourth-order valence-corrected chi connectivity index (χ4v) is 7.29. The van der Waals surface area contributed by atoms with Crippen molar-refractivity contribution in [3.05, 3.63) is 94.5 Å². The summed E-state index contributed by atoms with van der Waals surface area (Å²) in [6.07, 6.45) is 5.47. The third-order valence-electron chi connectivity index (χ3n) is 7.87. The van der Waals surface area contributed by atoms with E-state index < -0.39 is 28.5 Å². The number of nitrogens with zero attached hydrogens (tertiary/aromatic N) is 2. The number of carbonyl (C=O) groups excluding carboxylic acids is 2. The third kappa shape index (κ3) is 7.53. The Morgan fingerprint density at radius 2 is 1.62 bits per heavy atom. The minimum absolute atomic E-state index is 0.0706. The molecule has 0 bridgehead atoms. The smallest absolute Gasteiger partial charge is 0.264 e. The first-order chi connectivity index (χ1) is 20.1. The van der Waals surface area contributed by atoms with Crippen LogP contribution in [0.3, 0.4) is 0 Å². The Kier molecular flexibility index (Phi) is 10.7. The molecule has 7 nitrogen and oxygen atoms in total. The van der Waals surface area contributed by atoms with Crippen LogP contribution in [-0.2, 0) is 26.2 Å². The molecule has 0 aromatic heterocycles. The molecule has 3 aromatic rings. The lowest BCUT2D eigenvalue weighted by atomic mass is 9.95. The topological polar surface area (TPSA) is 86.8 Å². The number of benzene rings is 3. The molecule has 0 saturated heterocycles. The monoisotopic (exact) mass is 609 g/mol. The summed E-state index contributed by atoms with van der Waals surface area (Å²) in [7, 11) is -4.12. The number of aryl methyl sites for hydroxylation is 2. The van der Waals surface area contributed by atoms with Crippen molar-refractivity contribution in [3.63, 3.8) is 0 Å². The van der Waals surface area contributed by atoms with E-state index in [-0.39, 0.29) is 23.4 Å². The molecule has 0 spiro atoms. The summed E-state index contributed by atoms with van der Waals surface area (Å²) in [5.74, 6) is -0.714. The van der Waals surface area contributed by atoms with E-state index in [2.05, 4.69) is 5.32 Å². The SMILES string of the molecule is CC[C@H](C(=O)NC1CCCCC1)N(Cc1ccccc1Cl)C(=O)CN(c1ccc(C)cc1C)S(=O)(=O)c1ccccc1. The Balaban J connectivity index is 1.73. The van der Waals surface area contributed by atoms with Crippen molar-refractivity contribution in [3.8, 4) is 0 Å². The average molecular weight is 610 g/mol. The van der Waals surface area contributed by atoms with Gasteiger partial charge in [-0.1, -0.05) is 91.9 Å². The van der Waals surface area contributed by atoms with Gasteiger partial charge in [-0.2, -0.15) is 0 Å². The van der Waals surface area contributed by atoms with Crippen LogP contribution in [0.5, 0.6) is 0 Å². The van der Waals surface area contributed by atoms with Gasteiger partial charge in [0.15, 0.2) is 0 Å². The van der Waals surface area contributed by atoms with Crippen LogP contribution < -0.4 is 9.62 Å². The molecule has 0 radical (unpaired) electrons. The Hall–Kier alpha value is -3.36. The maximum absolute atomic E-state index is 14.3. The number of sulfonamides is 1. The summed E-state index contributed by atoms with van der Waals surface area (Å²) in [4.78, 5) is 29.5. The van der Waals surface area contributed by atoms with E-state index in [4.69, 9.17) is 11.6 Å². The number of hydrogen-bond acceptors (Lipinski definition) is 4. The second-order valence-electron chi connectivity index (χ2n) is 11.0. The van der Waals surface area contributed by atoms with E-state index in [0.717, 1.165) is 47.5 Å². The number of halogens is 1. The number of hydrogen-bond donors (Lipinski definition) is 1. The standard InChI is InChI=1S/C33H40ClN3O4S/c1-4-30(33(39)35-27-14-7-5-8-15-27)36(22-26-13-11-12-18-29(26)34)32(38)23-37(31-20-19-24(2)21-25(31)3)42(40,41)28-16-9-6-10-17-28/h6,9-13,16-21,27,30H,4-5,7-8,14-15,22-23H2,1-3H3,(H,35,39)/t30-/m1/s1. The molecule has 1 N–H and O–H groups in total. The summed E-state index contributed by atoms with van der Waals surface area (Å²) >= 11 is 6.50. The molecule has 1 saturated carbocycles. The molecule has 0 aliphatic heterocycles. The largest absolute Gasteiger partial charge is 0.352 e. The van der Waals surface area contributed by atoms with Crippen molar-refractivity contribution < 1.29 is 18.0 Å². The lowest BCUT2D eigenvalue weighted by Crippen LogP contribution is -2.54. The van der Waals surface area contributed by atoms with Crippen molar-refractivity contribution in [2.24, 2.45) is 0 Å². The highest BCUT2D eigenvalue weighted by Gasteiger charge is 2.35. The summed E-state index contributed by atoms with van der Waals surface area (Å²) < 4.78 is 29.2. The summed E-state index contributed by atoms with van der Waals surface area (Å²) in [5.41, 5.74) is 2.79. The summed E-state index contributed by atoms with van der Waals surface area (Å²) in [5, 5.41) is 3.64. The zero-order valence-corrected chi connectivity index (χ0v) is 26.1. The van der Waals surface area contributed by atoms with Gasteiger partial charge in [0.25, 0.3) is 10.0 Å². The quantitative estimate of drug-likeness (QED) is 0.272. The molecule has 0 unspecified atom stereocenters. The fraction of sp³-hybridized carbons (Fsp3) is 0.394. The number of anilines is 1. The third-order valence-corrected chi connectivity index (χ3v) is 10.0. The second kappa shape index (κ2) is 14.2. The zero-order chi connectivity index (χ0) is 30.3. The molecule has 1 aliphatic rings. The molecule has 1 aliphatic carbocycles. The molecule has 9 heteroatoms. The lowest BCUT2D eigenvalue weighted by molar-refractivity contribution is -0.140. The van der Waals surface area contributed by atoms with E-state index in [1.54, 1.807) is 36.4 Å². The van der Waals surface area contributed by atoms with E-state index in [0.29, 0.717) is 22.7 Å². The number of rotatable bonds is 11. The van der Waals surface area contributed by atoms with Crippen LogP contribution in [0.1, 0.15) is 62.1 Å². The van der Waals surface area contributed by atoms with Gasteiger partial charge in [0.1, 0.15) is 12.6 Å². The van der Waals surface area contributed by atoms with Crippen molar-refractivity contribution in [2.45, 2.75) is 82.8 Å². The number of amides is 2. The van der Waals surface area contributed by atoms with E-state index in [1.807, 2.05) is 45.0 Å². The van der Waals surface area contributed by atoms with Gasteiger partial charge in [-0.05, 0) is 68.5 Å². The normalized spacial score (nSPS) is 14.7. The Bertz CT molecular complexity index is 1490. The summed E-state index contributed by atoms with van der Waals surface area (Å²) in [6.45, 7) is 5.22. The first-order valence-corrected chi connectivity index (χ1v) is 16.4. The van der Waals surface area contributed by atoms with Gasteiger partial charge in [0, 0.05) is 17.6 Å². The molecule has 3 aromatic carbocycles. The van der Waals surface area contributed by atoms with Crippen LogP contribution in [0, 0.1) is 13.8 Å². The number of carbonyl (C=O) groups is 2. The molecular weight excluding hydrogens is 570 g/mol. The Morgan fingerprint density at radius 1 is 0.952 bits per heavy atom. The minimum atomic E-state index is -4.12. The van der Waals surface area contributed by atoms with Gasteiger partial charge in [-0.15, -0.1) is 0 Å². The van der Waals surface area contributed by atoms with Gasteiger partial charge < -0.3 is 10.2 Å². The van der Waals surface area contributed by atoms with Crippen LogP contribution in [0.2, 0.25) is 5.02 Å². The van der Waals surface area contributed by atoms with Crippen LogP contribution in [0.4, 0.5) is 5.69 Å². The fourth-order valence-electron chi connectivity index (χ4n) is 5.59. The van der Waals surface area contributed by atoms with Crippen LogP contribution in [0.25, 0.3) is 0 Å². The maximum atomic E-state index is 14.3. The first kappa shape index (κ1) is 31.6. The highest BCUT2D eigenvalue weighted by Crippen LogP contribution is 2.29. The van der Waals surface area contributed by atoms with Crippen molar-refractivity contribution >= 4 is 39.1 Å². The number of nitrogens with one attached hydrogen (secondary N) is 1. The summed E-state index contributed by atoms with van der Waals surface area (Å²) in [6, 6.07) is 20.0. The van der Waals surface area contributed by atoms with Crippen LogP contribution in [-0.4, -0.2) is 43.8 Å². The predicted octanol–water partition coefficient (Wildman–Crippen LogP) is 6.41. The van der Waals surface area contributed by atoms with Gasteiger partial charge >= 0.3 is 0 Å². The predicted molar refractivity (Wildman–Crippen MR) is 168 cm³/mol. The van der Waals surface area contributed by atoms with Crippen LogP contribution >= 0.6 is 11.6 Å². The molecule has 42 heavy (non-hydrogen) atoms. The Labute approximate surface area is 254 Å². The van der Waals surface area contributed by atoms with Crippen molar-refractivity contribution in [1.29, 1.82) is 0 Å². The van der Waals surface area contributed by atoms with Crippen molar-refractivity contribution in [1.82, 2.24) is 10.2 Å². The zero-order valence-electron chi connectivity index (χ0n) is 24.6. The molecule has 1 atom stereocenters. The maximum Gasteiger partial charge on any atom is 0.264 e. The van der Waals surface area contributed by atoms with Gasteiger partial charge in [0.2, 0.25) is 11.8 Å². The average Bonchev–Trinajstić information content (AvgIpc) is 2.98. The lowest BCUT2D eigenvalue weighted by Gasteiger charge is -2.35. The molecule has 0 heterocycles. The van der Waals surface area contributed by atoms with Gasteiger partial charge in [-0.25, -0.2) is 8.42 Å². The highest BCUT2D eigenvalue weighted by atomic mass is 35.5. The molecule has 224 valence electrons. The van der Waals surface area contributed by atoms with Gasteiger partial charge in [-0.3, -0.25) is 13.9 Å². The molecule has 2 amide bonds. The molecule has 1 fully saturated rings. The van der Waals surface area contributed by atoms with Crippen molar-refractivity contribution in [2.75, 3.05) is 10.8 Å².